The Labute approximate surface area is 155 Å². The summed E-state index contributed by atoms with van der Waals surface area (Å²) in [5.41, 5.74) is 3.66. The molecular formula is C20H17N3O2S. The first-order chi connectivity index (χ1) is 12.6. The maximum absolute atomic E-state index is 12.8. The summed E-state index contributed by atoms with van der Waals surface area (Å²) in [4.78, 5) is 29.7. The van der Waals surface area contributed by atoms with Crippen LogP contribution in [-0.4, -0.2) is 16.8 Å². The largest absolute Gasteiger partial charge is 0.321 e. The third-order valence-corrected chi connectivity index (χ3v) is 5.73. The van der Waals surface area contributed by atoms with Crippen molar-refractivity contribution in [3.63, 3.8) is 0 Å². The second-order valence-electron chi connectivity index (χ2n) is 6.21. The number of carbonyl (C=O) groups is 2. The topological polar surface area (TPSA) is 71.1 Å². The van der Waals surface area contributed by atoms with E-state index in [1.165, 1.54) is 11.3 Å². The molecule has 1 aliphatic heterocycles. The first-order valence-electron chi connectivity index (χ1n) is 8.33. The average Bonchev–Trinajstić information content (AvgIpc) is 2.99. The number of amides is 2. The Bertz CT molecular complexity index is 967. The maximum Gasteiger partial charge on any atom is 0.266 e. The van der Waals surface area contributed by atoms with Crippen LogP contribution in [-0.2, 0) is 4.79 Å². The molecule has 3 aromatic rings. The fourth-order valence-electron chi connectivity index (χ4n) is 3.30. The molecule has 2 amide bonds. The third kappa shape index (κ3) is 2.99. The highest BCUT2D eigenvalue weighted by Gasteiger charge is 2.32. The number of benzene rings is 1. The Morgan fingerprint density at radius 3 is 2.77 bits per heavy atom. The monoisotopic (exact) mass is 363 g/mol. The van der Waals surface area contributed by atoms with Crippen molar-refractivity contribution < 1.29 is 9.59 Å². The highest BCUT2D eigenvalue weighted by Crippen LogP contribution is 2.45. The van der Waals surface area contributed by atoms with Crippen LogP contribution in [0.3, 0.4) is 0 Å². The van der Waals surface area contributed by atoms with E-state index in [2.05, 4.69) is 15.6 Å². The van der Waals surface area contributed by atoms with E-state index in [0.29, 0.717) is 11.3 Å². The number of rotatable bonds is 3. The minimum Gasteiger partial charge on any atom is -0.321 e. The Morgan fingerprint density at radius 2 is 2.04 bits per heavy atom. The van der Waals surface area contributed by atoms with Gasteiger partial charge in [-0.25, -0.2) is 0 Å². The molecular weight excluding hydrogens is 346 g/mol. The normalized spacial score (nSPS) is 15.9. The highest BCUT2D eigenvalue weighted by molar-refractivity contribution is 7.18. The van der Waals surface area contributed by atoms with Gasteiger partial charge in [-0.15, -0.1) is 11.3 Å². The Hall–Kier alpha value is -2.99. The number of carbonyl (C=O) groups excluding carboxylic acids is 2. The van der Waals surface area contributed by atoms with Crippen molar-refractivity contribution in [3.05, 3.63) is 76.4 Å². The van der Waals surface area contributed by atoms with Crippen LogP contribution in [0.5, 0.6) is 0 Å². The number of thiophene rings is 1. The number of nitrogens with zero attached hydrogens (tertiary/aromatic N) is 1. The molecule has 130 valence electrons. The summed E-state index contributed by atoms with van der Waals surface area (Å²) in [5, 5.41) is 6.59. The lowest BCUT2D eigenvalue weighted by Crippen LogP contribution is -2.22. The summed E-state index contributed by atoms with van der Waals surface area (Å²) < 4.78 is 0. The molecule has 2 N–H and O–H groups in total. The van der Waals surface area contributed by atoms with E-state index in [9.17, 15) is 9.59 Å². The Morgan fingerprint density at radius 1 is 1.23 bits per heavy atom. The number of aromatic nitrogens is 1. The van der Waals surface area contributed by atoms with Gasteiger partial charge in [-0.2, -0.15) is 0 Å². The molecule has 0 saturated carbocycles. The summed E-state index contributed by atoms with van der Waals surface area (Å²) in [6, 6.07) is 13.2. The van der Waals surface area contributed by atoms with Gasteiger partial charge < -0.3 is 10.6 Å². The molecule has 1 unspecified atom stereocenters. The standard InChI is InChI=1S/C20H17N3O2S/c1-12-17-15(13-6-5-9-21-11-13)10-16(24)23-20(17)26-18(12)19(25)22-14-7-3-2-4-8-14/h2-9,11,15H,10H2,1H3,(H,22,25)(H,23,24). The van der Waals surface area contributed by atoms with Gasteiger partial charge in [-0.3, -0.25) is 14.6 Å². The average molecular weight is 363 g/mol. The third-order valence-electron chi connectivity index (χ3n) is 4.51. The van der Waals surface area contributed by atoms with Gasteiger partial charge in [-0.05, 0) is 41.8 Å². The second kappa shape index (κ2) is 6.72. The van der Waals surface area contributed by atoms with E-state index in [1.807, 2.05) is 49.4 Å². The van der Waals surface area contributed by atoms with Gasteiger partial charge >= 0.3 is 0 Å². The molecule has 1 aliphatic rings. The number of hydrogen-bond donors (Lipinski definition) is 2. The molecule has 26 heavy (non-hydrogen) atoms. The van der Waals surface area contributed by atoms with Crippen LogP contribution in [0.2, 0.25) is 0 Å². The first kappa shape index (κ1) is 16.5. The fourth-order valence-corrected chi connectivity index (χ4v) is 4.48. The van der Waals surface area contributed by atoms with Gasteiger partial charge in [0.25, 0.3) is 5.91 Å². The highest BCUT2D eigenvalue weighted by atomic mass is 32.1. The molecule has 5 nitrogen and oxygen atoms in total. The molecule has 0 saturated heterocycles. The molecule has 4 rings (SSSR count). The lowest BCUT2D eigenvalue weighted by Gasteiger charge is -2.23. The van der Waals surface area contributed by atoms with Crippen molar-refractivity contribution in [2.24, 2.45) is 0 Å². The maximum atomic E-state index is 12.8. The summed E-state index contributed by atoms with van der Waals surface area (Å²) in [6.45, 7) is 1.94. The van der Waals surface area contributed by atoms with Gasteiger partial charge in [0.1, 0.15) is 0 Å². The molecule has 2 aromatic heterocycles. The van der Waals surface area contributed by atoms with Crippen molar-refractivity contribution in [1.82, 2.24) is 4.98 Å². The van der Waals surface area contributed by atoms with Gasteiger partial charge in [0, 0.05) is 30.4 Å². The van der Waals surface area contributed by atoms with Crippen LogP contribution in [0.1, 0.15) is 38.7 Å². The summed E-state index contributed by atoms with van der Waals surface area (Å²) >= 11 is 1.33. The van der Waals surface area contributed by atoms with Crippen molar-refractivity contribution in [3.8, 4) is 0 Å². The van der Waals surface area contributed by atoms with E-state index in [0.717, 1.165) is 27.4 Å². The lowest BCUT2D eigenvalue weighted by atomic mass is 9.85. The van der Waals surface area contributed by atoms with Crippen molar-refractivity contribution in [2.75, 3.05) is 10.6 Å². The van der Waals surface area contributed by atoms with Gasteiger partial charge in [0.05, 0.1) is 9.88 Å². The fraction of sp³-hybridized carbons (Fsp3) is 0.150. The first-order valence-corrected chi connectivity index (χ1v) is 9.14. The Balaban J connectivity index is 1.72. The summed E-state index contributed by atoms with van der Waals surface area (Å²) in [7, 11) is 0. The summed E-state index contributed by atoms with van der Waals surface area (Å²) in [6.07, 6.45) is 3.86. The van der Waals surface area contributed by atoms with Crippen molar-refractivity contribution in [2.45, 2.75) is 19.3 Å². The molecule has 0 spiro atoms. The van der Waals surface area contributed by atoms with E-state index in [-0.39, 0.29) is 17.7 Å². The quantitative estimate of drug-likeness (QED) is 0.733. The number of pyridine rings is 1. The van der Waals surface area contributed by atoms with Gasteiger partial charge in [0.15, 0.2) is 0 Å². The van der Waals surface area contributed by atoms with Crippen LogP contribution >= 0.6 is 11.3 Å². The summed E-state index contributed by atoms with van der Waals surface area (Å²) in [5.74, 6) is -0.281. The molecule has 1 atom stereocenters. The number of nitrogens with one attached hydrogen (secondary N) is 2. The zero-order chi connectivity index (χ0) is 18.1. The number of anilines is 2. The Kier molecular flexibility index (Phi) is 4.26. The van der Waals surface area contributed by atoms with Crippen molar-refractivity contribution in [1.29, 1.82) is 0 Å². The molecule has 3 heterocycles. The zero-order valence-electron chi connectivity index (χ0n) is 14.2. The van der Waals surface area contributed by atoms with E-state index >= 15 is 0 Å². The second-order valence-corrected chi connectivity index (χ2v) is 7.23. The number of fused-ring (bicyclic) bond motifs is 1. The van der Waals surface area contributed by atoms with Crippen LogP contribution < -0.4 is 10.6 Å². The molecule has 1 aromatic carbocycles. The van der Waals surface area contributed by atoms with Gasteiger partial charge in [0.2, 0.25) is 5.91 Å². The van der Waals surface area contributed by atoms with Crippen LogP contribution in [0.4, 0.5) is 10.7 Å². The van der Waals surface area contributed by atoms with Crippen LogP contribution in [0.25, 0.3) is 0 Å². The van der Waals surface area contributed by atoms with Crippen LogP contribution in [0, 0.1) is 6.92 Å². The lowest BCUT2D eigenvalue weighted by molar-refractivity contribution is -0.116. The van der Waals surface area contributed by atoms with Gasteiger partial charge in [-0.1, -0.05) is 24.3 Å². The SMILES string of the molecule is Cc1c(C(=O)Nc2ccccc2)sc2c1C(c1cccnc1)CC(=O)N2. The van der Waals surface area contributed by atoms with Crippen molar-refractivity contribution >= 4 is 33.8 Å². The molecule has 0 radical (unpaired) electrons. The smallest absolute Gasteiger partial charge is 0.266 e. The number of hydrogen-bond acceptors (Lipinski definition) is 4. The predicted octanol–water partition coefficient (Wildman–Crippen LogP) is 4.18. The van der Waals surface area contributed by atoms with E-state index in [4.69, 9.17) is 0 Å². The minimum absolute atomic E-state index is 0.0392. The molecule has 0 aliphatic carbocycles. The molecule has 0 fully saturated rings. The van der Waals surface area contributed by atoms with Crippen LogP contribution in [0.15, 0.2) is 54.9 Å². The number of para-hydroxylation sites is 1. The van der Waals surface area contributed by atoms with E-state index < -0.39 is 0 Å². The molecule has 6 heteroatoms. The zero-order valence-corrected chi connectivity index (χ0v) is 15.0. The minimum atomic E-state index is -0.160. The molecule has 0 bridgehead atoms. The van der Waals surface area contributed by atoms with E-state index in [1.54, 1.807) is 12.4 Å². The predicted molar refractivity (Wildman–Crippen MR) is 103 cm³/mol.